The molecule has 82 heavy (non-hydrogen) atoms. The highest BCUT2D eigenvalue weighted by Gasteiger charge is 2.49. The number of nitrogens with zero attached hydrogens (tertiary/aromatic N) is 5. The summed E-state index contributed by atoms with van der Waals surface area (Å²) in [5.41, 5.74) is 12.4. The van der Waals surface area contributed by atoms with Crippen LogP contribution in [-0.4, -0.2) is 173 Å². The van der Waals surface area contributed by atoms with Gasteiger partial charge in [-0.1, -0.05) is 56.3 Å². The maximum Gasteiger partial charge on any atom is 0.272 e. The van der Waals surface area contributed by atoms with Gasteiger partial charge in [-0.25, -0.2) is 21.1 Å². The number of amides is 3. The van der Waals surface area contributed by atoms with Gasteiger partial charge in [0.15, 0.2) is 12.3 Å². The quantitative estimate of drug-likeness (QED) is 0.0533. The fourth-order valence-electron chi connectivity index (χ4n) is 11.1. The third-order valence-corrected chi connectivity index (χ3v) is 19.0. The van der Waals surface area contributed by atoms with E-state index >= 15 is 0 Å². The van der Waals surface area contributed by atoms with Crippen LogP contribution in [-0.2, 0) is 61.4 Å². The van der Waals surface area contributed by atoms with Gasteiger partial charge in [0.05, 0.1) is 33.5 Å². The van der Waals surface area contributed by atoms with Crippen molar-refractivity contribution in [3.8, 4) is 0 Å². The molecule has 0 aliphatic carbocycles. The molecule has 0 spiro atoms. The molecular formula is C59H80N8O12S3. The number of aliphatic carboxylic acids is 2. The Balaban J connectivity index is 0.00000144. The zero-order valence-corrected chi connectivity index (χ0v) is 51.0. The van der Waals surface area contributed by atoms with Gasteiger partial charge in [0.25, 0.3) is 5.91 Å². The van der Waals surface area contributed by atoms with Crippen LogP contribution in [0, 0.1) is 0 Å². The van der Waals surface area contributed by atoms with Crippen LogP contribution >= 0.6 is 11.8 Å². The van der Waals surface area contributed by atoms with Crippen LogP contribution in [0.4, 0.5) is 17.1 Å². The minimum absolute atomic E-state index is 0.0473. The van der Waals surface area contributed by atoms with Crippen LogP contribution in [0.5, 0.6) is 0 Å². The SMILES string of the molecule is CC(=O)[O-].CC(=O)[O-].CSC(=C\C=C\C1=[N+](C)c2ccc(S(=O)(=O)N(C)CCCC(=O)NCC(=O)Nc3ccc(CC[N+]45CC[N+](CC(N)=O)(CC4)CC5)cc3)cc2C1(C)C)/C=C/C=C1/N(CCCS(=O)(=O)[O-])c2ccccc2C1(C)C. The number of carboxylic acids is 2. The Morgan fingerprint density at radius 1 is 0.829 bits per heavy atom. The number of hydrogen-bond acceptors (Lipinski definition) is 14. The van der Waals surface area contributed by atoms with Gasteiger partial charge in [-0.2, -0.15) is 4.58 Å². The Bertz CT molecular complexity index is 3200. The van der Waals surface area contributed by atoms with Crippen molar-refractivity contribution in [3.05, 3.63) is 130 Å². The predicted molar refractivity (Wildman–Crippen MR) is 315 cm³/mol. The number of carboxylic acid groups (broad SMARTS) is 2. The highest BCUT2D eigenvalue weighted by Crippen LogP contribution is 2.48. The van der Waals surface area contributed by atoms with E-state index in [0.29, 0.717) is 18.8 Å². The Morgan fingerprint density at radius 2 is 1.44 bits per heavy atom. The first-order valence-electron chi connectivity index (χ1n) is 27.2. The molecule has 0 radical (unpaired) electrons. The van der Waals surface area contributed by atoms with Crippen LogP contribution in [0.25, 0.3) is 0 Å². The summed E-state index contributed by atoms with van der Waals surface area (Å²) in [4.78, 5) is 58.1. The molecule has 3 aromatic carbocycles. The first-order chi connectivity index (χ1) is 38.3. The molecule has 3 saturated heterocycles. The third kappa shape index (κ3) is 17.8. The van der Waals surface area contributed by atoms with E-state index in [0.717, 1.165) is 114 Å². The molecule has 4 N–H and O–H groups in total. The molecule has 5 heterocycles. The van der Waals surface area contributed by atoms with Gasteiger partial charge in [-0.05, 0) is 106 Å². The van der Waals surface area contributed by atoms with E-state index in [4.69, 9.17) is 25.5 Å². The molecule has 0 saturated carbocycles. The van der Waals surface area contributed by atoms with Crippen molar-refractivity contribution >= 4 is 84.3 Å². The lowest BCUT2D eigenvalue weighted by molar-refractivity contribution is -1.08. The Hall–Kier alpha value is -6.47. The van der Waals surface area contributed by atoms with E-state index in [-0.39, 0.29) is 60.4 Å². The van der Waals surface area contributed by atoms with Crippen molar-refractivity contribution in [3.63, 3.8) is 0 Å². The number of carbonyl (C=O) groups is 5. The van der Waals surface area contributed by atoms with Gasteiger partial charge in [0.1, 0.15) is 46.3 Å². The van der Waals surface area contributed by atoms with Crippen LogP contribution < -0.4 is 31.5 Å². The van der Waals surface area contributed by atoms with Gasteiger partial charge in [0, 0.05) is 95.8 Å². The van der Waals surface area contributed by atoms with E-state index in [1.807, 2.05) is 92.2 Å². The third-order valence-electron chi connectivity index (χ3n) is 15.6. The molecule has 5 aliphatic rings. The summed E-state index contributed by atoms with van der Waals surface area (Å²) < 4.78 is 67.2. The van der Waals surface area contributed by atoms with E-state index in [1.165, 1.54) is 16.9 Å². The van der Waals surface area contributed by atoms with Crippen LogP contribution in [0.2, 0.25) is 0 Å². The number of para-hydroxylation sites is 1. The van der Waals surface area contributed by atoms with E-state index in [2.05, 4.69) is 59.9 Å². The number of primary amides is 1. The van der Waals surface area contributed by atoms with Crippen LogP contribution in [0.3, 0.4) is 0 Å². The second-order valence-electron chi connectivity index (χ2n) is 22.3. The van der Waals surface area contributed by atoms with Crippen molar-refractivity contribution < 1.29 is 69.1 Å². The fourth-order valence-corrected chi connectivity index (χ4v) is 13.3. The molecule has 0 aromatic heterocycles. The van der Waals surface area contributed by atoms with Crippen LogP contribution in [0.1, 0.15) is 77.5 Å². The summed E-state index contributed by atoms with van der Waals surface area (Å²) in [5, 5.41) is 23.3. The zero-order valence-electron chi connectivity index (χ0n) is 48.6. The number of rotatable bonds is 23. The number of sulfonamides is 1. The van der Waals surface area contributed by atoms with Crippen molar-refractivity contribution in [1.29, 1.82) is 0 Å². The van der Waals surface area contributed by atoms with Gasteiger partial charge in [-0.3, -0.25) is 14.4 Å². The average Bonchev–Trinajstić information content (AvgIpc) is 3.97. The first-order valence-corrected chi connectivity index (χ1v) is 31.4. The summed E-state index contributed by atoms with van der Waals surface area (Å²) in [5.74, 6) is -3.52. The molecule has 3 aromatic rings. The maximum atomic E-state index is 13.9. The molecule has 2 bridgehead atoms. The smallest absolute Gasteiger partial charge is 0.272 e. The number of piperazine rings is 3. The number of benzene rings is 3. The second-order valence-corrected chi connectivity index (χ2v) is 26.7. The Morgan fingerprint density at radius 3 is 2.04 bits per heavy atom. The lowest BCUT2D eigenvalue weighted by Gasteiger charge is -2.55. The Kier molecular flexibility index (Phi) is 22.8. The minimum Gasteiger partial charge on any atom is -0.748 e. The van der Waals surface area contributed by atoms with Gasteiger partial charge >= 0.3 is 0 Å². The largest absolute Gasteiger partial charge is 0.748 e. The van der Waals surface area contributed by atoms with Gasteiger partial charge in [-0.15, -0.1) is 11.8 Å². The highest BCUT2D eigenvalue weighted by molar-refractivity contribution is 8.02. The molecule has 0 atom stereocenters. The predicted octanol–water partition coefficient (Wildman–Crippen LogP) is 3.03. The van der Waals surface area contributed by atoms with Crippen molar-refractivity contribution in [2.45, 2.75) is 83.0 Å². The summed E-state index contributed by atoms with van der Waals surface area (Å²) >= 11 is 1.59. The molecule has 3 fully saturated rings. The molecule has 20 nitrogen and oxygen atoms in total. The molecule has 0 unspecified atom stereocenters. The van der Waals surface area contributed by atoms with Gasteiger partial charge < -0.3 is 54.6 Å². The number of quaternary nitrogens is 2. The Labute approximate surface area is 488 Å². The van der Waals surface area contributed by atoms with Crippen molar-refractivity contribution in [2.75, 3.05) is 108 Å². The number of thioether (sulfide) groups is 1. The molecule has 5 aliphatic heterocycles. The number of nitrogens with two attached hydrogens (primary N) is 1. The number of fused-ring (bicyclic) bond motifs is 5. The van der Waals surface area contributed by atoms with E-state index in [9.17, 15) is 35.8 Å². The highest BCUT2D eigenvalue weighted by atomic mass is 32.2. The number of nitrogens with one attached hydrogen (secondary N) is 2. The zero-order chi connectivity index (χ0) is 60.8. The number of allylic oxidation sites excluding steroid dienone is 7. The molecule has 8 rings (SSSR count). The number of anilines is 2. The monoisotopic (exact) mass is 1190 g/mol. The summed E-state index contributed by atoms with van der Waals surface area (Å²) in [6.07, 6.45) is 15.6. The standard InChI is InChI=1S/C55H72N8O8S3.2C2H4O2/c1-54(2)45-16-8-9-17-48(45)61(29-13-37-73(67,68)69)50(54)19-11-15-43(72-7)14-10-18-49-55(3,4)46-38-44(25-26-47(46)60(49)6)74(70,71)59(5)28-12-20-52(65)57-39-53(66)58-42-23-21-41(22-24-42)27-30-62-31-34-63(35-32-62,36-33-62)40-51(56)64;2*1-2(3)4/h8-11,14-19,21-26,38H,12-13,20,27-37,39-40H2,1-7H3,(H2-3,56,57,58,64,65,66,67,68,69);2*1H3,(H,3,4). The molecule has 446 valence electrons. The van der Waals surface area contributed by atoms with E-state index in [1.54, 1.807) is 23.9 Å². The molecule has 3 amide bonds. The summed E-state index contributed by atoms with van der Waals surface area (Å²) in [6.45, 7) is 18.3. The van der Waals surface area contributed by atoms with Crippen molar-refractivity contribution in [2.24, 2.45) is 5.73 Å². The maximum absolute atomic E-state index is 13.9. The minimum atomic E-state index is -4.32. The van der Waals surface area contributed by atoms with Crippen LogP contribution in [0.15, 0.2) is 119 Å². The summed E-state index contributed by atoms with van der Waals surface area (Å²) in [6, 6.07) is 21.0. The second kappa shape index (κ2) is 28.2. The average molecular weight is 1190 g/mol. The van der Waals surface area contributed by atoms with Crippen molar-refractivity contribution in [1.82, 2.24) is 9.62 Å². The number of carbonyl (C=O) groups excluding carboxylic acids is 5. The number of hydrogen-bond donors (Lipinski definition) is 3. The topological polar surface area (TPSA) is 282 Å². The van der Waals surface area contributed by atoms with Gasteiger partial charge in [0.2, 0.25) is 27.5 Å². The van der Waals surface area contributed by atoms with E-state index < -0.39 is 43.2 Å². The lowest BCUT2D eigenvalue weighted by Crippen LogP contribution is -2.76. The normalized spacial score (nSPS) is 20.3. The molecular weight excluding hydrogens is 1110 g/mol. The molecule has 23 heteroatoms. The summed E-state index contributed by atoms with van der Waals surface area (Å²) in [7, 11) is -4.75. The fraction of sp³-hybridized carbons (Fsp3) is 0.458. The first kappa shape index (κ1) is 66.3. The lowest BCUT2D eigenvalue weighted by atomic mass is 9.81.